The van der Waals surface area contributed by atoms with Gasteiger partial charge >= 0.3 is 5.97 Å². The molecule has 0 saturated carbocycles. The molecule has 25 heavy (non-hydrogen) atoms. The fourth-order valence-electron chi connectivity index (χ4n) is 2.88. The van der Waals surface area contributed by atoms with Crippen LogP contribution in [0.5, 0.6) is 5.75 Å². The number of halogens is 1. The van der Waals surface area contributed by atoms with E-state index in [2.05, 4.69) is 4.98 Å². The summed E-state index contributed by atoms with van der Waals surface area (Å²) in [7, 11) is 0. The van der Waals surface area contributed by atoms with Gasteiger partial charge in [0, 0.05) is 35.7 Å². The third kappa shape index (κ3) is 3.08. The minimum atomic E-state index is -0.971. The van der Waals surface area contributed by atoms with E-state index in [1.165, 1.54) is 6.20 Å². The SMILES string of the molecule is O=C(O)c1c[nH]c2cc(Cl)c(-c3ccc(OC[C@H]4CCO4)cc3)cc12. The molecule has 1 aliphatic heterocycles. The number of hydrogen-bond acceptors (Lipinski definition) is 3. The van der Waals surface area contributed by atoms with Crippen molar-refractivity contribution in [1.29, 1.82) is 0 Å². The number of carboxylic acid groups (broad SMARTS) is 1. The molecule has 1 atom stereocenters. The average molecular weight is 358 g/mol. The Hall–Kier alpha value is -2.50. The van der Waals surface area contributed by atoms with Crippen molar-refractivity contribution < 1.29 is 19.4 Å². The van der Waals surface area contributed by atoms with Gasteiger partial charge in [-0.05, 0) is 29.8 Å². The van der Waals surface area contributed by atoms with E-state index in [0.29, 0.717) is 22.5 Å². The number of carbonyl (C=O) groups is 1. The highest BCUT2D eigenvalue weighted by Crippen LogP contribution is 2.34. The molecule has 5 nitrogen and oxygen atoms in total. The van der Waals surface area contributed by atoms with E-state index in [1.807, 2.05) is 24.3 Å². The van der Waals surface area contributed by atoms with Gasteiger partial charge in [-0.25, -0.2) is 4.79 Å². The molecular weight excluding hydrogens is 342 g/mol. The second kappa shape index (κ2) is 6.43. The quantitative estimate of drug-likeness (QED) is 0.712. The normalized spacial score (nSPS) is 16.6. The Morgan fingerprint density at radius 1 is 1.32 bits per heavy atom. The van der Waals surface area contributed by atoms with Crippen LogP contribution >= 0.6 is 11.6 Å². The summed E-state index contributed by atoms with van der Waals surface area (Å²) in [4.78, 5) is 14.3. The second-order valence-electron chi connectivity index (χ2n) is 6.00. The zero-order chi connectivity index (χ0) is 17.4. The Kier molecular flexibility index (Phi) is 4.11. The lowest BCUT2D eigenvalue weighted by Crippen LogP contribution is -2.32. The van der Waals surface area contributed by atoms with Gasteiger partial charge in [-0.3, -0.25) is 0 Å². The maximum absolute atomic E-state index is 11.3. The van der Waals surface area contributed by atoms with Crippen molar-refractivity contribution in [2.24, 2.45) is 0 Å². The molecule has 128 valence electrons. The van der Waals surface area contributed by atoms with E-state index >= 15 is 0 Å². The van der Waals surface area contributed by atoms with E-state index in [0.717, 1.165) is 29.9 Å². The van der Waals surface area contributed by atoms with Crippen LogP contribution in [0, 0.1) is 0 Å². The fourth-order valence-corrected chi connectivity index (χ4v) is 3.15. The summed E-state index contributed by atoms with van der Waals surface area (Å²) in [6, 6.07) is 11.1. The monoisotopic (exact) mass is 357 g/mol. The third-order valence-electron chi connectivity index (χ3n) is 4.39. The molecule has 2 N–H and O–H groups in total. The van der Waals surface area contributed by atoms with Crippen molar-refractivity contribution >= 4 is 28.5 Å². The van der Waals surface area contributed by atoms with Crippen molar-refractivity contribution in [2.45, 2.75) is 12.5 Å². The molecule has 4 rings (SSSR count). The predicted molar refractivity (Wildman–Crippen MR) is 95.6 cm³/mol. The Labute approximate surface area is 149 Å². The highest BCUT2D eigenvalue weighted by atomic mass is 35.5. The molecule has 1 aromatic heterocycles. The Bertz CT molecular complexity index is 928. The second-order valence-corrected chi connectivity index (χ2v) is 6.41. The molecule has 1 aliphatic rings. The number of H-pyrrole nitrogens is 1. The maximum atomic E-state index is 11.3. The Morgan fingerprint density at radius 2 is 2.08 bits per heavy atom. The van der Waals surface area contributed by atoms with Crippen molar-refractivity contribution in [3.8, 4) is 16.9 Å². The van der Waals surface area contributed by atoms with Crippen molar-refractivity contribution in [1.82, 2.24) is 4.98 Å². The molecule has 0 bridgehead atoms. The Balaban J connectivity index is 1.62. The van der Waals surface area contributed by atoms with Gasteiger partial charge in [0.1, 0.15) is 12.4 Å². The first-order valence-electron chi connectivity index (χ1n) is 8.00. The predicted octanol–water partition coefficient (Wildman–Crippen LogP) is 4.35. The van der Waals surface area contributed by atoms with Crippen molar-refractivity contribution in [3.63, 3.8) is 0 Å². The summed E-state index contributed by atoms with van der Waals surface area (Å²) >= 11 is 6.38. The van der Waals surface area contributed by atoms with Gasteiger partial charge in [-0.2, -0.15) is 0 Å². The first-order chi connectivity index (χ1) is 12.1. The first kappa shape index (κ1) is 16.0. The van der Waals surface area contributed by atoms with Crippen molar-refractivity contribution in [3.05, 3.63) is 53.2 Å². The average Bonchev–Trinajstić information content (AvgIpc) is 2.96. The first-order valence-corrected chi connectivity index (χ1v) is 8.38. The van der Waals surface area contributed by atoms with E-state index in [1.54, 1.807) is 12.1 Å². The van der Waals surface area contributed by atoms with Gasteiger partial charge in [0.15, 0.2) is 0 Å². The summed E-state index contributed by atoms with van der Waals surface area (Å²) in [5.74, 6) is -0.203. The molecule has 1 saturated heterocycles. The van der Waals surface area contributed by atoms with Gasteiger partial charge in [-0.1, -0.05) is 23.7 Å². The van der Waals surface area contributed by atoms with Crippen molar-refractivity contribution in [2.75, 3.05) is 13.2 Å². The highest BCUT2D eigenvalue weighted by molar-refractivity contribution is 6.34. The smallest absolute Gasteiger partial charge is 0.337 e. The molecule has 0 unspecified atom stereocenters. The van der Waals surface area contributed by atoms with E-state index in [9.17, 15) is 9.90 Å². The van der Waals surface area contributed by atoms with Crippen LogP contribution in [-0.2, 0) is 4.74 Å². The minimum Gasteiger partial charge on any atom is -0.491 e. The van der Waals surface area contributed by atoms with E-state index in [4.69, 9.17) is 21.1 Å². The van der Waals surface area contributed by atoms with Gasteiger partial charge < -0.3 is 19.6 Å². The van der Waals surface area contributed by atoms with Crippen LogP contribution in [0.25, 0.3) is 22.0 Å². The summed E-state index contributed by atoms with van der Waals surface area (Å²) in [5, 5.41) is 10.5. The van der Waals surface area contributed by atoms with Gasteiger partial charge in [0.25, 0.3) is 0 Å². The van der Waals surface area contributed by atoms with Gasteiger partial charge in [0.05, 0.1) is 16.7 Å². The highest BCUT2D eigenvalue weighted by Gasteiger charge is 2.18. The standard InChI is InChI=1S/C19H16ClNO4/c20-17-8-18-15(16(9-21-18)19(22)23)7-14(17)11-1-3-12(4-2-11)25-10-13-5-6-24-13/h1-4,7-9,13,21H,5-6,10H2,(H,22,23)/t13-/m1/s1. The number of benzene rings is 2. The number of ether oxygens (including phenoxy) is 2. The number of aromatic carboxylic acids is 1. The van der Waals surface area contributed by atoms with Crippen LogP contribution in [0.4, 0.5) is 0 Å². The summed E-state index contributed by atoms with van der Waals surface area (Å²) in [6.07, 6.45) is 2.71. The van der Waals surface area contributed by atoms with E-state index < -0.39 is 5.97 Å². The molecule has 2 aromatic carbocycles. The Morgan fingerprint density at radius 3 is 2.72 bits per heavy atom. The van der Waals surface area contributed by atoms with Crippen LogP contribution in [0.2, 0.25) is 5.02 Å². The summed E-state index contributed by atoms with van der Waals surface area (Å²) in [6.45, 7) is 1.36. The number of rotatable bonds is 5. The number of carboxylic acids is 1. The molecular formula is C19H16ClNO4. The fraction of sp³-hybridized carbons (Fsp3) is 0.211. The zero-order valence-corrected chi connectivity index (χ0v) is 14.0. The van der Waals surface area contributed by atoms with Crippen LogP contribution in [0.1, 0.15) is 16.8 Å². The molecule has 0 spiro atoms. The molecule has 6 heteroatoms. The minimum absolute atomic E-state index is 0.194. The molecule has 0 aliphatic carbocycles. The lowest BCUT2D eigenvalue weighted by Gasteiger charge is -2.26. The number of fused-ring (bicyclic) bond motifs is 1. The van der Waals surface area contributed by atoms with Crippen LogP contribution in [-0.4, -0.2) is 35.4 Å². The molecule has 3 aromatic rings. The largest absolute Gasteiger partial charge is 0.491 e. The summed E-state index contributed by atoms with van der Waals surface area (Å²) < 4.78 is 11.0. The number of nitrogens with one attached hydrogen (secondary N) is 1. The summed E-state index contributed by atoms with van der Waals surface area (Å²) in [5.41, 5.74) is 2.61. The number of aromatic amines is 1. The molecule has 2 heterocycles. The molecule has 0 radical (unpaired) electrons. The van der Waals surface area contributed by atoms with Gasteiger partial charge in [-0.15, -0.1) is 0 Å². The maximum Gasteiger partial charge on any atom is 0.337 e. The third-order valence-corrected chi connectivity index (χ3v) is 4.71. The van der Waals surface area contributed by atoms with E-state index in [-0.39, 0.29) is 11.7 Å². The zero-order valence-electron chi connectivity index (χ0n) is 13.3. The number of hydrogen-bond donors (Lipinski definition) is 2. The van der Waals surface area contributed by atoms with Gasteiger partial charge in [0.2, 0.25) is 0 Å². The molecule has 1 fully saturated rings. The van der Waals surface area contributed by atoms with Crippen LogP contribution in [0.3, 0.4) is 0 Å². The lowest BCUT2D eigenvalue weighted by atomic mass is 10.0. The topological polar surface area (TPSA) is 71.5 Å². The van der Waals surface area contributed by atoms with Crippen LogP contribution in [0.15, 0.2) is 42.6 Å². The van der Waals surface area contributed by atoms with Crippen LogP contribution < -0.4 is 4.74 Å². The lowest BCUT2D eigenvalue weighted by molar-refractivity contribution is -0.0720. The number of aromatic nitrogens is 1. The molecule has 0 amide bonds.